The highest BCUT2D eigenvalue weighted by molar-refractivity contribution is 5.29. The van der Waals surface area contributed by atoms with Crippen molar-refractivity contribution in [2.45, 2.75) is 25.4 Å². The molecule has 0 saturated carbocycles. The molecule has 0 amide bonds. The molecule has 3 aromatic heterocycles. The van der Waals surface area contributed by atoms with Gasteiger partial charge in [0.2, 0.25) is 5.78 Å². The minimum absolute atomic E-state index is 0.141. The van der Waals surface area contributed by atoms with Gasteiger partial charge in [-0.05, 0) is 24.5 Å². The fourth-order valence-corrected chi connectivity index (χ4v) is 4.31. The fraction of sp³-hybridized carbons (Fsp3) is 0.389. The number of piperidine rings is 1. The maximum atomic E-state index is 12.1. The van der Waals surface area contributed by atoms with Crippen molar-refractivity contribution in [3.63, 3.8) is 0 Å². The Morgan fingerprint density at radius 2 is 2.12 bits per heavy atom. The van der Waals surface area contributed by atoms with Gasteiger partial charge in [-0.25, -0.2) is 9.97 Å². The van der Waals surface area contributed by atoms with Gasteiger partial charge in [-0.1, -0.05) is 6.07 Å². The van der Waals surface area contributed by atoms with Gasteiger partial charge in [-0.15, -0.1) is 0 Å². The Kier molecular flexibility index (Phi) is 3.06. The number of likely N-dealkylation sites (tertiary alicyclic amines) is 1. The molecule has 2 aliphatic rings. The normalized spacial score (nSPS) is 23.3. The standard InChI is InChI=1S/C18H19N5O/c24-17-4-1-3-16-14-7-13(9-23(16)17)8-21(10-14)11-15-12-22-6-2-5-19-18(22)20-15/h1-6,12-14H,7-11H2. The second-order valence-electron chi connectivity index (χ2n) is 6.95. The first-order chi connectivity index (χ1) is 11.8. The van der Waals surface area contributed by atoms with E-state index >= 15 is 0 Å². The Balaban J connectivity index is 1.41. The third-order valence-electron chi connectivity index (χ3n) is 5.23. The van der Waals surface area contributed by atoms with Gasteiger partial charge in [0.15, 0.2) is 0 Å². The summed E-state index contributed by atoms with van der Waals surface area (Å²) in [5.74, 6) is 1.75. The number of fused-ring (bicyclic) bond motifs is 5. The molecule has 0 radical (unpaired) electrons. The van der Waals surface area contributed by atoms with Crippen LogP contribution in [0.15, 0.2) is 47.7 Å². The lowest BCUT2D eigenvalue weighted by Gasteiger charge is -2.42. The highest BCUT2D eigenvalue weighted by atomic mass is 16.1. The summed E-state index contributed by atoms with van der Waals surface area (Å²) in [7, 11) is 0. The molecule has 0 aliphatic carbocycles. The minimum Gasteiger partial charge on any atom is -0.312 e. The van der Waals surface area contributed by atoms with Crippen molar-refractivity contribution in [3.8, 4) is 0 Å². The molecule has 1 saturated heterocycles. The molecule has 2 aliphatic heterocycles. The van der Waals surface area contributed by atoms with E-state index in [-0.39, 0.29) is 5.56 Å². The number of aromatic nitrogens is 4. The van der Waals surface area contributed by atoms with Crippen molar-refractivity contribution in [1.82, 2.24) is 23.8 Å². The molecule has 24 heavy (non-hydrogen) atoms. The molecule has 122 valence electrons. The number of hydrogen-bond donors (Lipinski definition) is 0. The predicted octanol–water partition coefficient (Wildman–Crippen LogP) is 1.51. The molecule has 2 atom stereocenters. The Labute approximate surface area is 139 Å². The second-order valence-corrected chi connectivity index (χ2v) is 6.95. The van der Waals surface area contributed by atoms with Gasteiger partial charge >= 0.3 is 0 Å². The summed E-state index contributed by atoms with van der Waals surface area (Å²) in [4.78, 5) is 23.5. The van der Waals surface area contributed by atoms with E-state index in [1.165, 1.54) is 12.1 Å². The summed E-state index contributed by atoms with van der Waals surface area (Å²) in [5, 5.41) is 0. The number of rotatable bonds is 2. The molecule has 3 aromatic rings. The second kappa shape index (κ2) is 5.27. The largest absolute Gasteiger partial charge is 0.312 e. The summed E-state index contributed by atoms with van der Waals surface area (Å²) >= 11 is 0. The van der Waals surface area contributed by atoms with Crippen LogP contribution in [0.1, 0.15) is 23.7 Å². The fourth-order valence-electron chi connectivity index (χ4n) is 4.31. The van der Waals surface area contributed by atoms with E-state index < -0.39 is 0 Å². The summed E-state index contributed by atoms with van der Waals surface area (Å²) in [6.45, 7) is 3.70. The van der Waals surface area contributed by atoms with Gasteiger partial charge in [0.05, 0.1) is 5.69 Å². The van der Waals surface area contributed by atoms with Gasteiger partial charge in [-0.2, -0.15) is 0 Å². The van der Waals surface area contributed by atoms with E-state index in [2.05, 4.69) is 27.1 Å². The molecule has 2 unspecified atom stereocenters. The summed E-state index contributed by atoms with van der Waals surface area (Å²) < 4.78 is 3.94. The molecule has 0 N–H and O–H groups in total. The first kappa shape index (κ1) is 13.9. The van der Waals surface area contributed by atoms with E-state index in [0.29, 0.717) is 11.8 Å². The van der Waals surface area contributed by atoms with E-state index in [1.54, 1.807) is 12.3 Å². The molecule has 1 fully saturated rings. The zero-order chi connectivity index (χ0) is 16.1. The van der Waals surface area contributed by atoms with Gasteiger partial charge in [-0.3, -0.25) is 14.1 Å². The summed E-state index contributed by atoms with van der Waals surface area (Å²) in [6.07, 6.45) is 7.00. The zero-order valence-corrected chi connectivity index (χ0v) is 13.4. The van der Waals surface area contributed by atoms with Gasteiger partial charge in [0.1, 0.15) is 0 Å². The average Bonchev–Trinajstić information content (AvgIpc) is 2.98. The smallest absolute Gasteiger partial charge is 0.250 e. The van der Waals surface area contributed by atoms with Crippen molar-refractivity contribution in [1.29, 1.82) is 0 Å². The molecule has 5 rings (SSSR count). The zero-order valence-electron chi connectivity index (χ0n) is 13.4. The third kappa shape index (κ3) is 2.26. The molecule has 0 aromatic carbocycles. The molecule has 6 nitrogen and oxygen atoms in total. The first-order valence-corrected chi connectivity index (χ1v) is 8.47. The highest BCUT2D eigenvalue weighted by Gasteiger charge is 2.34. The first-order valence-electron chi connectivity index (χ1n) is 8.47. The van der Waals surface area contributed by atoms with Crippen LogP contribution in [0, 0.1) is 5.92 Å². The van der Waals surface area contributed by atoms with Crippen LogP contribution in [0.4, 0.5) is 0 Å². The van der Waals surface area contributed by atoms with Gasteiger partial charge in [0, 0.05) is 62.4 Å². The Bertz CT molecular complexity index is 926. The Hall–Kier alpha value is -2.47. The van der Waals surface area contributed by atoms with Crippen LogP contribution in [0.3, 0.4) is 0 Å². The van der Waals surface area contributed by atoms with Gasteiger partial charge < -0.3 is 4.57 Å². The quantitative estimate of drug-likeness (QED) is 0.718. The average molecular weight is 321 g/mol. The Morgan fingerprint density at radius 1 is 1.17 bits per heavy atom. The van der Waals surface area contributed by atoms with Gasteiger partial charge in [0.25, 0.3) is 5.56 Å². The summed E-state index contributed by atoms with van der Waals surface area (Å²) in [5.41, 5.74) is 2.39. The van der Waals surface area contributed by atoms with Crippen molar-refractivity contribution in [2.24, 2.45) is 5.92 Å². The Morgan fingerprint density at radius 3 is 3.04 bits per heavy atom. The maximum Gasteiger partial charge on any atom is 0.250 e. The molecular formula is C18H19N5O. The van der Waals surface area contributed by atoms with Crippen molar-refractivity contribution < 1.29 is 0 Å². The SMILES string of the molecule is O=c1cccc2n1CC1CC2CN(Cc2cn3cccnc3n2)C1. The van der Waals surface area contributed by atoms with E-state index in [9.17, 15) is 4.79 Å². The lowest BCUT2D eigenvalue weighted by molar-refractivity contribution is 0.113. The lowest BCUT2D eigenvalue weighted by Crippen LogP contribution is -2.46. The number of nitrogens with zero attached hydrogens (tertiary/aromatic N) is 5. The predicted molar refractivity (Wildman–Crippen MR) is 89.8 cm³/mol. The van der Waals surface area contributed by atoms with Crippen molar-refractivity contribution in [3.05, 3.63) is 64.6 Å². The van der Waals surface area contributed by atoms with Crippen LogP contribution in [0.25, 0.3) is 5.78 Å². The van der Waals surface area contributed by atoms with Crippen molar-refractivity contribution in [2.75, 3.05) is 13.1 Å². The maximum absolute atomic E-state index is 12.1. The lowest BCUT2D eigenvalue weighted by atomic mass is 9.83. The topological polar surface area (TPSA) is 55.4 Å². The van der Waals surface area contributed by atoms with Crippen LogP contribution >= 0.6 is 0 Å². The molecule has 5 heterocycles. The van der Waals surface area contributed by atoms with Crippen molar-refractivity contribution >= 4 is 5.78 Å². The highest BCUT2D eigenvalue weighted by Crippen LogP contribution is 2.35. The molecule has 6 heteroatoms. The van der Waals surface area contributed by atoms with Crippen LogP contribution in [0.2, 0.25) is 0 Å². The number of imidazole rings is 1. The van der Waals surface area contributed by atoms with Crippen LogP contribution in [-0.2, 0) is 13.1 Å². The minimum atomic E-state index is 0.141. The molecule has 2 bridgehead atoms. The number of hydrogen-bond acceptors (Lipinski definition) is 4. The third-order valence-corrected chi connectivity index (χ3v) is 5.23. The summed E-state index contributed by atoms with van der Waals surface area (Å²) in [6, 6.07) is 7.59. The molecular weight excluding hydrogens is 302 g/mol. The van der Waals surface area contributed by atoms with E-state index in [1.807, 2.05) is 27.3 Å². The number of pyridine rings is 1. The van der Waals surface area contributed by atoms with Crippen LogP contribution in [-0.4, -0.2) is 36.9 Å². The molecule has 0 spiro atoms. The monoisotopic (exact) mass is 321 g/mol. The van der Waals surface area contributed by atoms with Crippen LogP contribution in [0.5, 0.6) is 0 Å². The van der Waals surface area contributed by atoms with E-state index in [0.717, 1.165) is 37.7 Å². The van der Waals surface area contributed by atoms with E-state index in [4.69, 9.17) is 0 Å². The van der Waals surface area contributed by atoms with Crippen LogP contribution < -0.4 is 5.56 Å².